The van der Waals surface area contributed by atoms with Gasteiger partial charge in [-0.05, 0) is 31.5 Å². The number of hydrogen-bond acceptors (Lipinski definition) is 4. The van der Waals surface area contributed by atoms with Gasteiger partial charge in [-0.2, -0.15) is 0 Å². The first-order valence-corrected chi connectivity index (χ1v) is 8.01. The van der Waals surface area contributed by atoms with Gasteiger partial charge in [-0.25, -0.2) is 9.36 Å². The summed E-state index contributed by atoms with van der Waals surface area (Å²) in [6.07, 6.45) is 0.989. The quantitative estimate of drug-likeness (QED) is 0.902. The number of aromatic amines is 1. The van der Waals surface area contributed by atoms with Gasteiger partial charge < -0.3 is 5.32 Å². The zero-order valence-electron chi connectivity index (χ0n) is 13.1. The molecule has 7 heteroatoms. The van der Waals surface area contributed by atoms with Crippen molar-refractivity contribution in [1.29, 1.82) is 0 Å². The second kappa shape index (κ2) is 6.22. The molecule has 1 aromatic heterocycles. The van der Waals surface area contributed by atoms with Crippen LogP contribution in [0.4, 0.5) is 5.82 Å². The van der Waals surface area contributed by atoms with Crippen LogP contribution in [0, 0.1) is 0 Å². The van der Waals surface area contributed by atoms with E-state index in [4.69, 9.17) is 11.6 Å². The Balaban J connectivity index is 2.14. The van der Waals surface area contributed by atoms with Crippen LogP contribution in [0.3, 0.4) is 0 Å². The first kappa shape index (κ1) is 15.8. The highest BCUT2D eigenvalue weighted by molar-refractivity contribution is 6.30. The molecule has 23 heavy (non-hydrogen) atoms. The van der Waals surface area contributed by atoms with Crippen molar-refractivity contribution in [3.63, 3.8) is 0 Å². The molecule has 1 atom stereocenters. The smallest absolute Gasteiger partial charge is 0.334 e. The van der Waals surface area contributed by atoms with Crippen LogP contribution in [0.1, 0.15) is 25.8 Å². The van der Waals surface area contributed by atoms with Crippen molar-refractivity contribution in [2.24, 2.45) is 0 Å². The Morgan fingerprint density at radius 1 is 1.35 bits per heavy atom. The minimum Gasteiger partial charge on any atom is -0.358 e. The predicted molar refractivity (Wildman–Crippen MR) is 91.5 cm³/mol. The van der Waals surface area contributed by atoms with Gasteiger partial charge in [-0.3, -0.25) is 14.7 Å². The molecule has 3 rings (SSSR count). The Bertz CT molecular complexity index is 843. The van der Waals surface area contributed by atoms with E-state index in [9.17, 15) is 9.59 Å². The van der Waals surface area contributed by atoms with Crippen LogP contribution in [-0.4, -0.2) is 27.2 Å². The van der Waals surface area contributed by atoms with Gasteiger partial charge in [0.2, 0.25) is 0 Å². The number of benzene rings is 1. The van der Waals surface area contributed by atoms with E-state index < -0.39 is 5.69 Å². The van der Waals surface area contributed by atoms with Crippen molar-refractivity contribution in [2.45, 2.75) is 32.9 Å². The number of rotatable bonds is 3. The zero-order chi connectivity index (χ0) is 16.6. The molecule has 0 saturated carbocycles. The molecule has 0 saturated heterocycles. The molecule has 1 aromatic carbocycles. The summed E-state index contributed by atoms with van der Waals surface area (Å²) in [6.45, 7) is 5.32. The van der Waals surface area contributed by atoms with E-state index in [1.54, 1.807) is 24.3 Å². The Hall–Kier alpha value is -2.05. The van der Waals surface area contributed by atoms with Crippen LogP contribution in [0.2, 0.25) is 5.02 Å². The third-order valence-electron chi connectivity index (χ3n) is 4.30. The summed E-state index contributed by atoms with van der Waals surface area (Å²) in [6, 6.07) is 7.35. The SMILES string of the molecule is CC[C@@H](C)N1CNc2c(c(=O)[nH]c(=O)n2-c2cccc(Cl)c2)C1. The number of nitrogens with zero attached hydrogens (tertiary/aromatic N) is 2. The Morgan fingerprint density at radius 3 is 2.83 bits per heavy atom. The summed E-state index contributed by atoms with van der Waals surface area (Å²) in [5.74, 6) is 0.542. The minimum atomic E-state index is -0.472. The van der Waals surface area contributed by atoms with Crippen LogP contribution in [0.5, 0.6) is 0 Å². The molecular weight excluding hydrogens is 316 g/mol. The van der Waals surface area contributed by atoms with Crippen molar-refractivity contribution in [2.75, 3.05) is 12.0 Å². The zero-order valence-corrected chi connectivity index (χ0v) is 13.9. The minimum absolute atomic E-state index is 0.344. The summed E-state index contributed by atoms with van der Waals surface area (Å²) >= 11 is 6.03. The third-order valence-corrected chi connectivity index (χ3v) is 4.53. The van der Waals surface area contributed by atoms with Crippen LogP contribution < -0.4 is 16.6 Å². The maximum absolute atomic E-state index is 12.3. The molecule has 0 amide bonds. The summed E-state index contributed by atoms with van der Waals surface area (Å²) in [5, 5.41) is 3.76. The molecule has 2 N–H and O–H groups in total. The topological polar surface area (TPSA) is 70.1 Å². The summed E-state index contributed by atoms with van der Waals surface area (Å²) in [4.78, 5) is 29.1. The molecule has 0 aliphatic carbocycles. The fourth-order valence-corrected chi connectivity index (χ4v) is 2.96. The predicted octanol–water partition coefficient (Wildman–Crippen LogP) is 2.16. The van der Waals surface area contributed by atoms with E-state index in [1.807, 2.05) is 0 Å². The Kier molecular flexibility index (Phi) is 4.28. The molecule has 1 aliphatic rings. The van der Waals surface area contributed by atoms with Crippen LogP contribution in [0.25, 0.3) is 5.69 Å². The first-order valence-electron chi connectivity index (χ1n) is 7.63. The number of halogens is 1. The average Bonchev–Trinajstić information content (AvgIpc) is 2.54. The van der Waals surface area contributed by atoms with Gasteiger partial charge >= 0.3 is 5.69 Å². The van der Waals surface area contributed by atoms with Crippen molar-refractivity contribution in [3.05, 3.63) is 55.7 Å². The lowest BCUT2D eigenvalue weighted by Gasteiger charge is -2.34. The lowest BCUT2D eigenvalue weighted by atomic mass is 10.1. The molecule has 0 unspecified atom stereocenters. The van der Waals surface area contributed by atoms with Crippen molar-refractivity contribution >= 4 is 17.4 Å². The second-order valence-electron chi connectivity index (χ2n) is 5.74. The van der Waals surface area contributed by atoms with Crippen molar-refractivity contribution in [3.8, 4) is 5.69 Å². The molecule has 2 aromatic rings. The average molecular weight is 335 g/mol. The fraction of sp³-hybridized carbons (Fsp3) is 0.375. The summed E-state index contributed by atoms with van der Waals surface area (Å²) in [5.41, 5.74) is 0.375. The van der Waals surface area contributed by atoms with Crippen molar-refractivity contribution in [1.82, 2.24) is 14.5 Å². The molecule has 122 valence electrons. The second-order valence-corrected chi connectivity index (χ2v) is 6.18. The van der Waals surface area contributed by atoms with E-state index >= 15 is 0 Å². The third kappa shape index (κ3) is 2.92. The molecule has 0 radical (unpaired) electrons. The van der Waals surface area contributed by atoms with E-state index in [1.165, 1.54) is 4.57 Å². The lowest BCUT2D eigenvalue weighted by Crippen LogP contribution is -2.45. The van der Waals surface area contributed by atoms with E-state index in [0.29, 0.717) is 41.3 Å². The van der Waals surface area contributed by atoms with Crippen LogP contribution in [-0.2, 0) is 6.54 Å². The molecule has 6 nitrogen and oxygen atoms in total. The van der Waals surface area contributed by atoms with Crippen molar-refractivity contribution < 1.29 is 0 Å². The highest BCUT2D eigenvalue weighted by Crippen LogP contribution is 2.23. The monoisotopic (exact) mass is 334 g/mol. The Morgan fingerprint density at radius 2 is 2.13 bits per heavy atom. The van der Waals surface area contributed by atoms with Crippen LogP contribution in [0.15, 0.2) is 33.9 Å². The molecule has 0 bridgehead atoms. The highest BCUT2D eigenvalue weighted by Gasteiger charge is 2.25. The standard InChI is InChI=1S/C16H19ClN4O2/c1-3-10(2)20-8-13-14(18-9-20)21(16(23)19-15(13)22)12-6-4-5-11(17)7-12/h4-7,10,18H,3,8-9H2,1-2H3,(H,19,22,23)/t10-/m1/s1. The molecule has 1 aliphatic heterocycles. The van der Waals surface area contributed by atoms with Gasteiger partial charge in [0.05, 0.1) is 17.9 Å². The first-order chi connectivity index (χ1) is 11.0. The van der Waals surface area contributed by atoms with Crippen LogP contribution >= 0.6 is 11.6 Å². The van der Waals surface area contributed by atoms with Gasteiger partial charge in [-0.1, -0.05) is 24.6 Å². The van der Waals surface area contributed by atoms with Gasteiger partial charge in [0, 0.05) is 17.6 Å². The normalized spacial score (nSPS) is 15.8. The van der Waals surface area contributed by atoms with Gasteiger partial charge in [0.15, 0.2) is 0 Å². The van der Waals surface area contributed by atoms with Gasteiger partial charge in [0.1, 0.15) is 5.82 Å². The van der Waals surface area contributed by atoms with E-state index in [2.05, 4.69) is 29.0 Å². The van der Waals surface area contributed by atoms with E-state index in [-0.39, 0.29) is 5.56 Å². The van der Waals surface area contributed by atoms with Gasteiger partial charge in [0.25, 0.3) is 5.56 Å². The maximum atomic E-state index is 12.3. The number of fused-ring (bicyclic) bond motifs is 1. The molecule has 2 heterocycles. The highest BCUT2D eigenvalue weighted by atomic mass is 35.5. The number of H-pyrrole nitrogens is 1. The summed E-state index contributed by atoms with van der Waals surface area (Å²) < 4.78 is 1.47. The lowest BCUT2D eigenvalue weighted by molar-refractivity contribution is 0.200. The number of anilines is 1. The largest absolute Gasteiger partial charge is 0.358 e. The number of nitrogens with one attached hydrogen (secondary N) is 2. The fourth-order valence-electron chi connectivity index (χ4n) is 2.77. The van der Waals surface area contributed by atoms with E-state index in [0.717, 1.165) is 6.42 Å². The maximum Gasteiger partial charge on any atom is 0.334 e. The molecular formula is C16H19ClN4O2. The number of hydrogen-bond donors (Lipinski definition) is 2. The number of aromatic nitrogens is 2. The molecule has 0 spiro atoms. The Labute approximate surface area is 138 Å². The van der Waals surface area contributed by atoms with Gasteiger partial charge in [-0.15, -0.1) is 0 Å². The molecule has 0 fully saturated rings. The summed E-state index contributed by atoms with van der Waals surface area (Å²) in [7, 11) is 0.